The fourth-order valence-electron chi connectivity index (χ4n) is 2.64. The molecule has 2 N–H and O–H groups in total. The Morgan fingerprint density at radius 3 is 2.70 bits per heavy atom. The predicted molar refractivity (Wildman–Crippen MR) is 90.4 cm³/mol. The number of ether oxygens (including phenoxy) is 1. The number of unbranched alkanes of at least 4 members (excludes halogenated alkanes) is 1. The third-order valence-electron chi connectivity index (χ3n) is 3.93. The van der Waals surface area contributed by atoms with E-state index in [9.17, 15) is 0 Å². The van der Waals surface area contributed by atoms with Crippen molar-refractivity contribution in [3.63, 3.8) is 0 Å². The van der Waals surface area contributed by atoms with E-state index >= 15 is 0 Å². The number of fused-ring (bicyclic) bond motifs is 1. The van der Waals surface area contributed by atoms with Gasteiger partial charge in [0.1, 0.15) is 17.1 Å². The molecule has 0 spiro atoms. The molecule has 6 heteroatoms. The Morgan fingerprint density at radius 2 is 2.00 bits per heavy atom. The molecular weight excluding hydrogens is 290 g/mol. The summed E-state index contributed by atoms with van der Waals surface area (Å²) >= 11 is 0. The maximum Gasteiger partial charge on any atom is 0.174 e. The highest BCUT2D eigenvalue weighted by molar-refractivity contribution is 5.84. The van der Waals surface area contributed by atoms with Gasteiger partial charge in [-0.3, -0.25) is 0 Å². The summed E-state index contributed by atoms with van der Waals surface area (Å²) in [7, 11) is 1.67. The van der Waals surface area contributed by atoms with Gasteiger partial charge in [0.2, 0.25) is 0 Å². The van der Waals surface area contributed by atoms with Crippen molar-refractivity contribution in [2.75, 3.05) is 12.8 Å². The second-order valence-electron chi connectivity index (χ2n) is 5.53. The van der Waals surface area contributed by atoms with E-state index < -0.39 is 0 Å². The van der Waals surface area contributed by atoms with Gasteiger partial charge in [0.05, 0.1) is 18.8 Å². The average molecular weight is 311 g/mol. The Labute approximate surface area is 135 Å². The van der Waals surface area contributed by atoms with E-state index in [0.29, 0.717) is 5.82 Å². The zero-order valence-electron chi connectivity index (χ0n) is 13.5. The molecule has 0 aliphatic heterocycles. The molecule has 0 aliphatic carbocycles. The molecule has 0 radical (unpaired) electrons. The number of aromatic nitrogens is 4. The number of rotatable bonds is 6. The van der Waals surface area contributed by atoms with Crippen LogP contribution in [0, 0.1) is 0 Å². The Balaban J connectivity index is 2.00. The first-order chi connectivity index (χ1) is 11.2. The summed E-state index contributed by atoms with van der Waals surface area (Å²) < 4.78 is 7.39. The number of hydrogen-bond donors (Lipinski definition) is 1. The monoisotopic (exact) mass is 311 g/mol. The van der Waals surface area contributed by atoms with Crippen LogP contribution in [0.1, 0.15) is 31.2 Å². The second kappa shape index (κ2) is 6.64. The first-order valence-corrected chi connectivity index (χ1v) is 7.82. The lowest BCUT2D eigenvalue weighted by atomic mass is 10.2. The van der Waals surface area contributed by atoms with Gasteiger partial charge in [0.15, 0.2) is 5.82 Å². The first kappa shape index (κ1) is 15.3. The van der Waals surface area contributed by atoms with E-state index in [1.807, 2.05) is 12.1 Å². The summed E-state index contributed by atoms with van der Waals surface area (Å²) in [5, 5.41) is 7.89. The summed E-state index contributed by atoms with van der Waals surface area (Å²) in [4.78, 5) is 4.69. The van der Waals surface area contributed by atoms with Crippen LogP contribution < -0.4 is 10.5 Å². The number of aryl methyl sites for hydroxylation is 1. The highest BCUT2D eigenvalue weighted by Crippen LogP contribution is 2.22. The lowest BCUT2D eigenvalue weighted by Gasteiger charge is -2.09. The van der Waals surface area contributed by atoms with Gasteiger partial charge in [-0.1, -0.05) is 25.5 Å². The fourth-order valence-corrected chi connectivity index (χ4v) is 2.64. The van der Waals surface area contributed by atoms with E-state index in [-0.39, 0.29) is 0 Å². The summed E-state index contributed by atoms with van der Waals surface area (Å²) in [6, 6.07) is 8.06. The topological polar surface area (TPSA) is 78.9 Å². The number of nitrogens with two attached hydrogens (primary N) is 1. The van der Waals surface area contributed by atoms with Crippen molar-refractivity contribution >= 4 is 16.9 Å². The van der Waals surface area contributed by atoms with Crippen molar-refractivity contribution in [1.29, 1.82) is 0 Å². The summed E-state index contributed by atoms with van der Waals surface area (Å²) in [5.74, 6) is 2.26. The van der Waals surface area contributed by atoms with Crippen LogP contribution in [-0.2, 0) is 13.0 Å². The zero-order valence-corrected chi connectivity index (χ0v) is 13.5. The summed E-state index contributed by atoms with van der Waals surface area (Å²) in [6.07, 6.45) is 4.86. The highest BCUT2D eigenvalue weighted by Gasteiger charge is 2.14. The molecule has 0 saturated carbocycles. The molecule has 0 saturated heterocycles. The minimum absolute atomic E-state index is 0.383. The van der Waals surface area contributed by atoms with Gasteiger partial charge in [-0.2, -0.15) is 5.10 Å². The van der Waals surface area contributed by atoms with E-state index in [4.69, 9.17) is 15.5 Å². The van der Waals surface area contributed by atoms with E-state index in [1.54, 1.807) is 13.3 Å². The van der Waals surface area contributed by atoms with Gasteiger partial charge in [-0.05, 0) is 24.1 Å². The van der Waals surface area contributed by atoms with Crippen LogP contribution in [0.4, 0.5) is 5.82 Å². The van der Waals surface area contributed by atoms with Crippen LogP contribution in [0.15, 0.2) is 30.5 Å². The van der Waals surface area contributed by atoms with Gasteiger partial charge in [-0.15, -0.1) is 5.10 Å². The van der Waals surface area contributed by atoms with Crippen LogP contribution in [0.25, 0.3) is 11.0 Å². The third-order valence-corrected chi connectivity index (χ3v) is 3.93. The van der Waals surface area contributed by atoms with E-state index in [0.717, 1.165) is 48.4 Å². The number of anilines is 1. The number of nitrogen functional groups attached to an aromatic ring is 1. The van der Waals surface area contributed by atoms with Crippen molar-refractivity contribution < 1.29 is 4.74 Å². The van der Waals surface area contributed by atoms with Crippen molar-refractivity contribution in [2.45, 2.75) is 32.7 Å². The molecule has 3 aromatic rings. The number of imidazole rings is 1. The van der Waals surface area contributed by atoms with Gasteiger partial charge in [0, 0.05) is 13.0 Å². The van der Waals surface area contributed by atoms with Gasteiger partial charge >= 0.3 is 0 Å². The Hall–Kier alpha value is -2.63. The molecule has 0 unspecified atom stereocenters. The fraction of sp³-hybridized carbons (Fsp3) is 0.353. The van der Waals surface area contributed by atoms with Gasteiger partial charge in [-0.25, -0.2) is 4.98 Å². The minimum atomic E-state index is 0.383. The van der Waals surface area contributed by atoms with Crippen molar-refractivity contribution in [1.82, 2.24) is 19.7 Å². The molecule has 2 aromatic heterocycles. The molecule has 6 nitrogen and oxygen atoms in total. The average Bonchev–Trinajstić information content (AvgIpc) is 2.93. The predicted octanol–water partition coefficient (Wildman–Crippen LogP) is 2.81. The van der Waals surface area contributed by atoms with Crippen LogP contribution in [0.2, 0.25) is 0 Å². The highest BCUT2D eigenvalue weighted by atomic mass is 16.5. The quantitative estimate of drug-likeness (QED) is 0.757. The van der Waals surface area contributed by atoms with E-state index in [2.05, 4.69) is 33.8 Å². The molecule has 2 heterocycles. The molecule has 0 atom stereocenters. The standard InChI is InChI=1S/C17H21N5O/c1-3-4-5-15-20-16-14(10-19-21-17(16)18)22(15)11-12-6-8-13(23-2)9-7-12/h6-10H,3-5,11H2,1-2H3,(H2,18,21). The van der Waals surface area contributed by atoms with Crippen molar-refractivity contribution in [2.24, 2.45) is 0 Å². The third kappa shape index (κ3) is 3.11. The minimum Gasteiger partial charge on any atom is -0.497 e. The maximum absolute atomic E-state index is 5.93. The van der Waals surface area contributed by atoms with Gasteiger partial charge in [0.25, 0.3) is 0 Å². The molecule has 0 bridgehead atoms. The molecule has 0 aliphatic rings. The molecule has 0 amide bonds. The van der Waals surface area contributed by atoms with Crippen LogP contribution in [-0.4, -0.2) is 26.9 Å². The van der Waals surface area contributed by atoms with Crippen LogP contribution >= 0.6 is 0 Å². The summed E-state index contributed by atoms with van der Waals surface area (Å²) in [6.45, 7) is 2.90. The molecule has 1 aromatic carbocycles. The lowest BCUT2D eigenvalue weighted by molar-refractivity contribution is 0.414. The Morgan fingerprint density at radius 1 is 1.22 bits per heavy atom. The van der Waals surface area contributed by atoms with Crippen LogP contribution in [0.5, 0.6) is 5.75 Å². The molecule has 0 fully saturated rings. The largest absolute Gasteiger partial charge is 0.497 e. The van der Waals surface area contributed by atoms with E-state index in [1.165, 1.54) is 5.56 Å². The first-order valence-electron chi connectivity index (χ1n) is 7.82. The smallest absolute Gasteiger partial charge is 0.174 e. The molecule has 120 valence electrons. The van der Waals surface area contributed by atoms with Crippen LogP contribution in [0.3, 0.4) is 0 Å². The maximum atomic E-state index is 5.93. The number of methoxy groups -OCH3 is 1. The second-order valence-corrected chi connectivity index (χ2v) is 5.53. The number of benzene rings is 1. The normalized spacial score (nSPS) is 11.0. The van der Waals surface area contributed by atoms with Gasteiger partial charge < -0.3 is 15.0 Å². The molecular formula is C17H21N5O. The lowest BCUT2D eigenvalue weighted by Crippen LogP contribution is -2.05. The van der Waals surface area contributed by atoms with Crippen molar-refractivity contribution in [3.05, 3.63) is 41.9 Å². The molecule has 3 rings (SSSR count). The Bertz CT molecular complexity index is 795. The Kier molecular flexibility index (Phi) is 4.41. The van der Waals surface area contributed by atoms with Crippen molar-refractivity contribution in [3.8, 4) is 5.75 Å². The molecule has 23 heavy (non-hydrogen) atoms. The number of nitrogens with zero attached hydrogens (tertiary/aromatic N) is 4. The SMILES string of the molecule is CCCCc1nc2c(N)nncc2n1Cc1ccc(OC)cc1. The summed E-state index contributed by atoms with van der Waals surface area (Å²) in [5.41, 5.74) is 8.78. The number of hydrogen-bond acceptors (Lipinski definition) is 5. The zero-order chi connectivity index (χ0) is 16.2.